The molecule has 0 saturated heterocycles. The number of hydrogen-bond acceptors (Lipinski definition) is 3. The summed E-state index contributed by atoms with van der Waals surface area (Å²) in [5.74, 6) is 0.754. The molecule has 1 aromatic heterocycles. The number of rotatable bonds is 5. The van der Waals surface area contributed by atoms with Crippen LogP contribution in [0, 0.1) is 12.8 Å². The van der Waals surface area contributed by atoms with Crippen LogP contribution >= 0.6 is 11.6 Å². The first kappa shape index (κ1) is 21.1. The van der Waals surface area contributed by atoms with Gasteiger partial charge in [0.15, 0.2) is 0 Å². The van der Waals surface area contributed by atoms with Gasteiger partial charge in [0, 0.05) is 24.2 Å². The lowest BCUT2D eigenvalue weighted by Crippen LogP contribution is -2.39. The molecule has 5 nitrogen and oxygen atoms in total. The number of nitrogens with zero attached hydrogens (tertiary/aromatic N) is 3. The molecule has 2 aromatic carbocycles. The summed E-state index contributed by atoms with van der Waals surface area (Å²) < 4.78 is 1.52. The monoisotopic (exact) mass is 411 g/mol. The van der Waals surface area contributed by atoms with Crippen molar-refractivity contribution in [3.63, 3.8) is 0 Å². The van der Waals surface area contributed by atoms with E-state index in [4.69, 9.17) is 16.6 Å². The quantitative estimate of drug-likeness (QED) is 0.608. The van der Waals surface area contributed by atoms with E-state index in [0.717, 1.165) is 5.56 Å². The lowest BCUT2D eigenvalue weighted by Gasteiger charge is -2.32. The van der Waals surface area contributed by atoms with E-state index in [9.17, 15) is 9.59 Å². The number of amides is 1. The number of carbonyl (C=O) groups excluding carboxylic acids is 1. The molecule has 1 atom stereocenters. The number of aryl methyl sites for hydroxylation is 1. The number of halogens is 1. The minimum Gasteiger partial charge on any atom is -0.328 e. The lowest BCUT2D eigenvalue weighted by atomic mass is 10.0. The van der Waals surface area contributed by atoms with E-state index in [0.29, 0.717) is 33.9 Å². The zero-order valence-electron chi connectivity index (χ0n) is 17.4. The van der Waals surface area contributed by atoms with Gasteiger partial charge in [-0.25, -0.2) is 4.98 Å². The van der Waals surface area contributed by atoms with Crippen LogP contribution in [0.1, 0.15) is 48.6 Å². The molecule has 0 aliphatic carbocycles. The Balaban J connectivity index is 2.11. The van der Waals surface area contributed by atoms with Crippen LogP contribution < -0.4 is 5.56 Å². The number of fused-ring (bicyclic) bond motifs is 1. The number of carbonyl (C=O) groups is 1. The molecule has 0 bridgehead atoms. The second-order valence-corrected chi connectivity index (χ2v) is 8.27. The maximum absolute atomic E-state index is 13.4. The fourth-order valence-electron chi connectivity index (χ4n) is 3.55. The Bertz CT molecular complexity index is 1120. The molecule has 0 N–H and O–H groups in total. The Labute approximate surface area is 175 Å². The first-order valence-electron chi connectivity index (χ1n) is 9.73. The molecule has 1 heterocycles. The highest BCUT2D eigenvalue weighted by molar-refractivity contribution is 6.31. The molecule has 0 radical (unpaired) electrons. The van der Waals surface area contributed by atoms with Crippen molar-refractivity contribution < 1.29 is 4.79 Å². The largest absolute Gasteiger partial charge is 0.328 e. The molecule has 3 rings (SSSR count). The third-order valence-corrected chi connectivity index (χ3v) is 5.35. The second-order valence-electron chi connectivity index (χ2n) is 7.84. The summed E-state index contributed by atoms with van der Waals surface area (Å²) in [6.07, 6.45) is 0. The van der Waals surface area contributed by atoms with E-state index >= 15 is 0 Å². The van der Waals surface area contributed by atoms with Crippen molar-refractivity contribution in [2.45, 2.75) is 33.7 Å². The molecule has 0 spiro atoms. The summed E-state index contributed by atoms with van der Waals surface area (Å²) in [6.45, 7) is 8.55. The van der Waals surface area contributed by atoms with Gasteiger partial charge in [0.1, 0.15) is 5.82 Å². The Hall–Kier alpha value is -2.66. The maximum Gasteiger partial charge on any atom is 0.261 e. The molecule has 0 saturated carbocycles. The van der Waals surface area contributed by atoms with E-state index in [1.165, 1.54) is 4.57 Å². The summed E-state index contributed by atoms with van der Waals surface area (Å²) in [6, 6.07) is 12.3. The molecular weight excluding hydrogens is 386 g/mol. The normalized spacial score (nSPS) is 12.4. The van der Waals surface area contributed by atoms with Crippen molar-refractivity contribution >= 4 is 28.4 Å². The van der Waals surface area contributed by atoms with Gasteiger partial charge in [0.2, 0.25) is 0 Å². The Morgan fingerprint density at radius 2 is 1.86 bits per heavy atom. The van der Waals surface area contributed by atoms with Crippen LogP contribution in [0.4, 0.5) is 0 Å². The van der Waals surface area contributed by atoms with Crippen molar-refractivity contribution in [1.82, 2.24) is 14.5 Å². The SMILES string of the molecule is Cc1ccccc1C(=O)N(CC(C)C)C(C)c1nc2ccc(Cl)cc2c(=O)n1C. The van der Waals surface area contributed by atoms with Crippen molar-refractivity contribution in [3.8, 4) is 0 Å². The highest BCUT2D eigenvalue weighted by Gasteiger charge is 2.27. The first-order chi connectivity index (χ1) is 13.7. The van der Waals surface area contributed by atoms with Gasteiger partial charge in [-0.3, -0.25) is 14.2 Å². The predicted molar refractivity (Wildman–Crippen MR) is 117 cm³/mol. The Morgan fingerprint density at radius 1 is 1.17 bits per heavy atom. The molecule has 1 amide bonds. The highest BCUT2D eigenvalue weighted by atomic mass is 35.5. The zero-order chi connectivity index (χ0) is 21.3. The second kappa shape index (κ2) is 8.37. The number of hydrogen-bond donors (Lipinski definition) is 0. The van der Waals surface area contributed by atoms with Gasteiger partial charge in [0.25, 0.3) is 11.5 Å². The average molecular weight is 412 g/mol. The number of aromatic nitrogens is 2. The molecule has 152 valence electrons. The topological polar surface area (TPSA) is 55.2 Å². The molecule has 1 unspecified atom stereocenters. The third kappa shape index (κ3) is 4.20. The summed E-state index contributed by atoms with van der Waals surface area (Å²) >= 11 is 6.05. The fourth-order valence-corrected chi connectivity index (χ4v) is 3.72. The zero-order valence-corrected chi connectivity index (χ0v) is 18.2. The Morgan fingerprint density at radius 3 is 2.52 bits per heavy atom. The molecule has 3 aromatic rings. The van der Waals surface area contributed by atoms with E-state index < -0.39 is 0 Å². The van der Waals surface area contributed by atoms with Crippen LogP contribution in [0.3, 0.4) is 0 Å². The van der Waals surface area contributed by atoms with Crippen molar-refractivity contribution in [1.29, 1.82) is 0 Å². The lowest BCUT2D eigenvalue weighted by molar-refractivity contribution is 0.0653. The first-order valence-corrected chi connectivity index (χ1v) is 10.1. The molecule has 0 aliphatic rings. The summed E-state index contributed by atoms with van der Waals surface area (Å²) in [5, 5.41) is 0.963. The van der Waals surface area contributed by atoms with Crippen LogP contribution in [0.2, 0.25) is 5.02 Å². The minimum absolute atomic E-state index is 0.0604. The summed E-state index contributed by atoms with van der Waals surface area (Å²) in [4.78, 5) is 32.8. The number of benzene rings is 2. The van der Waals surface area contributed by atoms with E-state index in [1.807, 2.05) is 38.1 Å². The van der Waals surface area contributed by atoms with Gasteiger partial charge in [-0.2, -0.15) is 0 Å². The molecule has 0 aliphatic heterocycles. The van der Waals surface area contributed by atoms with Crippen molar-refractivity contribution in [2.75, 3.05) is 6.54 Å². The van der Waals surface area contributed by atoms with Crippen LogP contribution in [0.5, 0.6) is 0 Å². The van der Waals surface area contributed by atoms with Crippen molar-refractivity contribution in [2.24, 2.45) is 13.0 Å². The molecule has 0 fully saturated rings. The minimum atomic E-state index is -0.373. The van der Waals surface area contributed by atoms with Crippen molar-refractivity contribution in [3.05, 3.63) is 74.8 Å². The Kier molecular flexibility index (Phi) is 6.08. The summed E-state index contributed by atoms with van der Waals surface area (Å²) in [7, 11) is 1.69. The van der Waals surface area contributed by atoms with E-state index in [1.54, 1.807) is 30.1 Å². The van der Waals surface area contributed by atoms with Gasteiger partial charge in [-0.15, -0.1) is 0 Å². The predicted octanol–water partition coefficient (Wildman–Crippen LogP) is 4.75. The molecule has 29 heavy (non-hydrogen) atoms. The molecule has 6 heteroatoms. The average Bonchev–Trinajstić information content (AvgIpc) is 2.68. The van der Waals surface area contributed by atoms with Gasteiger partial charge in [-0.1, -0.05) is 43.6 Å². The highest BCUT2D eigenvalue weighted by Crippen LogP contribution is 2.24. The standard InChI is InChI=1S/C23H26ClN3O2/c1-14(2)13-27(23(29)18-9-7-6-8-15(18)3)16(4)21-25-20-11-10-17(24)12-19(20)22(28)26(21)5/h6-12,14,16H,13H2,1-5H3. The van der Waals surface area contributed by atoms with Crippen LogP contribution in [-0.2, 0) is 7.05 Å². The fraction of sp³-hybridized carbons (Fsp3) is 0.348. The third-order valence-electron chi connectivity index (χ3n) is 5.11. The van der Waals surface area contributed by atoms with Crippen LogP contribution in [0.25, 0.3) is 10.9 Å². The van der Waals surface area contributed by atoms with Gasteiger partial charge >= 0.3 is 0 Å². The van der Waals surface area contributed by atoms with Gasteiger partial charge in [0.05, 0.1) is 16.9 Å². The van der Waals surface area contributed by atoms with Crippen LogP contribution in [0.15, 0.2) is 47.3 Å². The molecular formula is C23H26ClN3O2. The van der Waals surface area contributed by atoms with Gasteiger partial charge in [-0.05, 0) is 49.6 Å². The van der Waals surface area contributed by atoms with E-state index in [-0.39, 0.29) is 23.4 Å². The smallest absolute Gasteiger partial charge is 0.261 e. The van der Waals surface area contributed by atoms with Gasteiger partial charge < -0.3 is 4.90 Å². The van der Waals surface area contributed by atoms with Crippen LogP contribution in [-0.4, -0.2) is 26.9 Å². The van der Waals surface area contributed by atoms with E-state index in [2.05, 4.69) is 13.8 Å². The summed E-state index contributed by atoms with van der Waals surface area (Å²) in [5.41, 5.74) is 1.99. The maximum atomic E-state index is 13.4.